The number of sulfone groups is 1. The lowest BCUT2D eigenvalue weighted by Crippen LogP contribution is -2.15. The third-order valence-corrected chi connectivity index (χ3v) is 4.00. The van der Waals surface area contributed by atoms with E-state index in [0.29, 0.717) is 5.69 Å². The summed E-state index contributed by atoms with van der Waals surface area (Å²) in [4.78, 5) is 12.2. The zero-order valence-corrected chi connectivity index (χ0v) is 12.1. The molecule has 0 aliphatic carbocycles. The summed E-state index contributed by atoms with van der Waals surface area (Å²) in [5.41, 5.74) is 1.86. The molecule has 2 rings (SSSR count). The summed E-state index contributed by atoms with van der Waals surface area (Å²) in [7, 11) is -3.44. The van der Waals surface area contributed by atoms with Crippen molar-refractivity contribution in [2.24, 2.45) is 0 Å². The summed E-state index contributed by atoms with van der Waals surface area (Å²) in [6, 6.07) is 13.5. The highest BCUT2D eigenvalue weighted by atomic mass is 32.2. The van der Waals surface area contributed by atoms with Crippen LogP contribution in [0.5, 0.6) is 0 Å². The Labute approximate surface area is 118 Å². The van der Waals surface area contributed by atoms with Crippen LogP contribution in [-0.4, -0.2) is 20.6 Å². The van der Waals surface area contributed by atoms with E-state index < -0.39 is 15.7 Å². The number of carbonyl (C=O) groups is 1. The molecule has 0 aliphatic heterocycles. The summed E-state index contributed by atoms with van der Waals surface area (Å²) in [6.07, 6.45) is 1.09. The lowest BCUT2D eigenvalue weighted by Gasteiger charge is -2.09. The topological polar surface area (TPSA) is 63.2 Å². The summed E-state index contributed by atoms with van der Waals surface area (Å²) >= 11 is 0. The van der Waals surface area contributed by atoms with E-state index in [1.54, 1.807) is 24.3 Å². The first-order valence-corrected chi connectivity index (χ1v) is 7.94. The molecule has 2 aromatic carbocycles. The van der Waals surface area contributed by atoms with Gasteiger partial charge in [0.05, 0.1) is 10.5 Å². The smallest absolute Gasteiger partial charge is 0.256 e. The van der Waals surface area contributed by atoms with Crippen LogP contribution in [0.4, 0.5) is 5.69 Å². The SMILES string of the molecule is Cc1ccc(NC(=O)c2ccccc2S(C)(=O)=O)cc1. The number of benzene rings is 2. The van der Waals surface area contributed by atoms with Crippen molar-refractivity contribution in [3.8, 4) is 0 Å². The molecule has 0 saturated carbocycles. The van der Waals surface area contributed by atoms with Gasteiger partial charge in [0.25, 0.3) is 5.91 Å². The van der Waals surface area contributed by atoms with Gasteiger partial charge < -0.3 is 5.32 Å². The van der Waals surface area contributed by atoms with Gasteiger partial charge >= 0.3 is 0 Å². The van der Waals surface area contributed by atoms with Crippen LogP contribution in [0.2, 0.25) is 0 Å². The molecule has 0 spiro atoms. The molecule has 0 fully saturated rings. The van der Waals surface area contributed by atoms with Crippen molar-refractivity contribution in [3.05, 3.63) is 59.7 Å². The van der Waals surface area contributed by atoms with E-state index in [0.717, 1.165) is 11.8 Å². The van der Waals surface area contributed by atoms with E-state index in [2.05, 4.69) is 5.32 Å². The number of carbonyl (C=O) groups excluding carboxylic acids is 1. The van der Waals surface area contributed by atoms with Gasteiger partial charge in [-0.2, -0.15) is 0 Å². The van der Waals surface area contributed by atoms with Crippen molar-refractivity contribution in [3.63, 3.8) is 0 Å². The lowest BCUT2D eigenvalue weighted by molar-refractivity contribution is 0.102. The maximum atomic E-state index is 12.2. The van der Waals surface area contributed by atoms with Crippen LogP contribution in [0.15, 0.2) is 53.4 Å². The van der Waals surface area contributed by atoms with Gasteiger partial charge in [0, 0.05) is 11.9 Å². The summed E-state index contributed by atoms with van der Waals surface area (Å²) in [6.45, 7) is 1.95. The molecule has 0 saturated heterocycles. The molecular formula is C15H15NO3S. The minimum Gasteiger partial charge on any atom is -0.322 e. The second-order valence-electron chi connectivity index (χ2n) is 4.59. The molecule has 1 amide bonds. The summed E-state index contributed by atoms with van der Waals surface area (Å²) < 4.78 is 23.4. The first-order valence-electron chi connectivity index (χ1n) is 6.05. The Bertz CT molecular complexity index is 734. The van der Waals surface area contributed by atoms with Crippen molar-refractivity contribution < 1.29 is 13.2 Å². The Morgan fingerprint density at radius 1 is 1.00 bits per heavy atom. The Morgan fingerprint density at radius 2 is 1.60 bits per heavy atom. The van der Waals surface area contributed by atoms with Crippen molar-refractivity contribution >= 4 is 21.4 Å². The van der Waals surface area contributed by atoms with Gasteiger partial charge in [-0.25, -0.2) is 8.42 Å². The number of hydrogen-bond donors (Lipinski definition) is 1. The molecule has 0 unspecified atom stereocenters. The standard InChI is InChI=1S/C15H15NO3S/c1-11-7-9-12(10-8-11)16-15(17)13-5-3-4-6-14(13)20(2,18)19/h3-10H,1-2H3,(H,16,17). The zero-order valence-electron chi connectivity index (χ0n) is 11.3. The molecular weight excluding hydrogens is 274 g/mol. The van der Waals surface area contributed by atoms with E-state index in [-0.39, 0.29) is 10.5 Å². The molecule has 0 heterocycles. The van der Waals surface area contributed by atoms with E-state index in [9.17, 15) is 13.2 Å². The fourth-order valence-electron chi connectivity index (χ4n) is 1.81. The molecule has 0 bridgehead atoms. The van der Waals surface area contributed by atoms with Crippen LogP contribution in [-0.2, 0) is 9.84 Å². The third-order valence-electron chi connectivity index (χ3n) is 2.84. The normalized spacial score (nSPS) is 11.1. The van der Waals surface area contributed by atoms with E-state index in [1.807, 2.05) is 19.1 Å². The fourth-order valence-corrected chi connectivity index (χ4v) is 2.70. The average Bonchev–Trinajstić information content (AvgIpc) is 2.40. The van der Waals surface area contributed by atoms with E-state index >= 15 is 0 Å². The summed E-state index contributed by atoms with van der Waals surface area (Å²) in [5, 5.41) is 2.69. The van der Waals surface area contributed by atoms with Gasteiger partial charge in [-0.3, -0.25) is 4.79 Å². The number of rotatable bonds is 3. The van der Waals surface area contributed by atoms with Crippen LogP contribution in [0, 0.1) is 6.92 Å². The molecule has 20 heavy (non-hydrogen) atoms. The lowest BCUT2D eigenvalue weighted by atomic mass is 10.2. The molecule has 0 aromatic heterocycles. The number of anilines is 1. The number of hydrogen-bond acceptors (Lipinski definition) is 3. The minimum absolute atomic E-state index is 0.0320. The first kappa shape index (κ1) is 14.3. The monoisotopic (exact) mass is 289 g/mol. The maximum Gasteiger partial charge on any atom is 0.256 e. The van der Waals surface area contributed by atoms with Gasteiger partial charge in [0.15, 0.2) is 9.84 Å². The number of amides is 1. The molecule has 4 nitrogen and oxygen atoms in total. The van der Waals surface area contributed by atoms with Crippen LogP contribution in [0.1, 0.15) is 15.9 Å². The van der Waals surface area contributed by atoms with Crippen molar-refractivity contribution in [2.45, 2.75) is 11.8 Å². The summed E-state index contributed by atoms with van der Waals surface area (Å²) in [5.74, 6) is -0.435. The van der Waals surface area contributed by atoms with Crippen LogP contribution in [0.25, 0.3) is 0 Å². The van der Waals surface area contributed by atoms with Gasteiger partial charge in [-0.1, -0.05) is 29.8 Å². The molecule has 104 valence electrons. The van der Waals surface area contributed by atoms with Crippen molar-refractivity contribution in [2.75, 3.05) is 11.6 Å². The van der Waals surface area contributed by atoms with Gasteiger partial charge in [-0.05, 0) is 31.2 Å². The Hall–Kier alpha value is -2.14. The second-order valence-corrected chi connectivity index (χ2v) is 6.57. The van der Waals surface area contributed by atoms with Crippen LogP contribution < -0.4 is 5.32 Å². The van der Waals surface area contributed by atoms with Gasteiger partial charge in [-0.15, -0.1) is 0 Å². The Morgan fingerprint density at radius 3 is 2.20 bits per heavy atom. The van der Waals surface area contributed by atoms with Crippen molar-refractivity contribution in [1.29, 1.82) is 0 Å². The van der Waals surface area contributed by atoms with E-state index in [1.165, 1.54) is 12.1 Å². The maximum absolute atomic E-state index is 12.2. The largest absolute Gasteiger partial charge is 0.322 e. The number of aryl methyl sites for hydroxylation is 1. The van der Waals surface area contributed by atoms with Crippen LogP contribution in [0.3, 0.4) is 0 Å². The predicted octanol–water partition coefficient (Wildman–Crippen LogP) is 2.65. The molecule has 0 aliphatic rings. The van der Waals surface area contributed by atoms with Gasteiger partial charge in [0.1, 0.15) is 0 Å². The molecule has 2 aromatic rings. The second kappa shape index (κ2) is 5.46. The Kier molecular flexibility index (Phi) is 3.90. The highest BCUT2D eigenvalue weighted by molar-refractivity contribution is 7.90. The highest BCUT2D eigenvalue weighted by Gasteiger charge is 2.17. The first-order chi connectivity index (χ1) is 9.38. The van der Waals surface area contributed by atoms with E-state index in [4.69, 9.17) is 0 Å². The molecule has 5 heteroatoms. The Balaban J connectivity index is 2.33. The number of nitrogens with one attached hydrogen (secondary N) is 1. The molecule has 0 atom stereocenters. The third kappa shape index (κ3) is 3.24. The average molecular weight is 289 g/mol. The molecule has 1 N–H and O–H groups in total. The highest BCUT2D eigenvalue weighted by Crippen LogP contribution is 2.17. The zero-order chi connectivity index (χ0) is 14.8. The van der Waals surface area contributed by atoms with Crippen molar-refractivity contribution in [1.82, 2.24) is 0 Å². The predicted molar refractivity (Wildman–Crippen MR) is 78.7 cm³/mol. The van der Waals surface area contributed by atoms with Gasteiger partial charge in [0.2, 0.25) is 0 Å². The molecule has 0 radical (unpaired) electrons. The quantitative estimate of drug-likeness (QED) is 0.944. The van der Waals surface area contributed by atoms with Crippen LogP contribution >= 0.6 is 0 Å². The minimum atomic E-state index is -3.44. The fraction of sp³-hybridized carbons (Fsp3) is 0.133.